The average Bonchev–Trinajstić information content (AvgIpc) is 3.29. The number of nitrogens with zero attached hydrogens (tertiary/aromatic N) is 7. The number of aliphatic hydroxyl groups excluding tert-OH is 1. The van der Waals surface area contributed by atoms with Crippen molar-refractivity contribution in [3.8, 4) is 22.8 Å². The third-order valence-corrected chi connectivity index (χ3v) is 7.44. The molecular formula is C27H28N8O3. The van der Waals surface area contributed by atoms with Gasteiger partial charge in [-0.05, 0) is 44.4 Å². The van der Waals surface area contributed by atoms with Gasteiger partial charge in [-0.3, -0.25) is 4.79 Å². The highest BCUT2D eigenvalue weighted by Gasteiger charge is 2.29. The second kappa shape index (κ2) is 8.95. The first-order valence-electron chi connectivity index (χ1n) is 13.0. The summed E-state index contributed by atoms with van der Waals surface area (Å²) in [6.45, 7) is 3.67. The van der Waals surface area contributed by atoms with Gasteiger partial charge < -0.3 is 24.6 Å². The number of hydrogen-bond donors (Lipinski definition) is 2. The summed E-state index contributed by atoms with van der Waals surface area (Å²) < 4.78 is 9.90. The van der Waals surface area contributed by atoms with Crippen LogP contribution in [0.3, 0.4) is 0 Å². The van der Waals surface area contributed by atoms with Crippen molar-refractivity contribution in [1.29, 1.82) is 0 Å². The molecule has 5 heterocycles. The molecule has 2 fully saturated rings. The predicted octanol–water partition coefficient (Wildman–Crippen LogP) is 3.18. The van der Waals surface area contributed by atoms with Crippen molar-refractivity contribution in [2.45, 2.75) is 44.2 Å². The van der Waals surface area contributed by atoms with E-state index in [9.17, 15) is 9.90 Å². The molecule has 0 radical (unpaired) electrons. The van der Waals surface area contributed by atoms with Gasteiger partial charge in [0.25, 0.3) is 5.91 Å². The molecule has 4 aromatic rings. The molecule has 38 heavy (non-hydrogen) atoms. The molecule has 7 rings (SSSR count). The number of imidazole rings is 1. The average molecular weight is 513 g/mol. The number of nitrogens with one attached hydrogen (secondary N) is 1. The molecule has 1 aliphatic carbocycles. The van der Waals surface area contributed by atoms with Crippen molar-refractivity contribution in [3.05, 3.63) is 60.7 Å². The van der Waals surface area contributed by atoms with Crippen molar-refractivity contribution in [3.63, 3.8) is 0 Å². The van der Waals surface area contributed by atoms with Gasteiger partial charge in [0.2, 0.25) is 0 Å². The molecule has 194 valence electrons. The maximum absolute atomic E-state index is 13.5. The van der Waals surface area contributed by atoms with Gasteiger partial charge in [-0.15, -0.1) is 0 Å². The quantitative estimate of drug-likeness (QED) is 0.418. The predicted molar refractivity (Wildman–Crippen MR) is 140 cm³/mol. The minimum absolute atomic E-state index is 0.0000340. The van der Waals surface area contributed by atoms with Crippen molar-refractivity contribution in [1.82, 2.24) is 29.3 Å². The van der Waals surface area contributed by atoms with Gasteiger partial charge in [-0.2, -0.15) is 5.10 Å². The lowest BCUT2D eigenvalue weighted by atomic mass is 10.1. The van der Waals surface area contributed by atoms with E-state index in [2.05, 4.69) is 30.3 Å². The molecule has 2 aliphatic heterocycles. The van der Waals surface area contributed by atoms with Crippen LogP contribution in [-0.4, -0.2) is 66.1 Å². The Balaban J connectivity index is 1.23. The highest BCUT2D eigenvalue weighted by Crippen LogP contribution is 2.40. The van der Waals surface area contributed by atoms with Crippen LogP contribution in [0.4, 0.5) is 11.4 Å². The third-order valence-electron chi connectivity index (χ3n) is 7.44. The molecule has 2 atom stereocenters. The molecule has 3 aliphatic rings. The number of amides is 1. The van der Waals surface area contributed by atoms with Crippen molar-refractivity contribution < 1.29 is 14.6 Å². The lowest BCUT2D eigenvalue weighted by Gasteiger charge is -2.22. The molecule has 2 N–H and O–H groups in total. The first-order valence-corrected chi connectivity index (χ1v) is 13.0. The smallest absolute Gasteiger partial charge is 0.274 e. The highest BCUT2D eigenvalue weighted by molar-refractivity contribution is 6.05. The normalized spacial score (nSPS) is 20.4. The van der Waals surface area contributed by atoms with Crippen LogP contribution in [0.15, 0.2) is 49.3 Å². The first-order chi connectivity index (χ1) is 18.5. The first kappa shape index (κ1) is 22.9. The number of benzene rings is 1. The van der Waals surface area contributed by atoms with Crippen LogP contribution in [0.1, 0.15) is 54.3 Å². The van der Waals surface area contributed by atoms with E-state index >= 15 is 0 Å². The molecule has 11 heteroatoms. The van der Waals surface area contributed by atoms with E-state index in [1.807, 2.05) is 40.6 Å². The zero-order valence-corrected chi connectivity index (χ0v) is 21.0. The molecule has 1 saturated heterocycles. The second-order valence-corrected chi connectivity index (χ2v) is 10.3. The number of carbonyl (C=O) groups is 1. The number of aromatic nitrogens is 6. The molecule has 1 saturated carbocycles. The fraction of sp³-hybridized carbons (Fsp3) is 0.370. The maximum atomic E-state index is 13.5. The van der Waals surface area contributed by atoms with Crippen LogP contribution in [0.5, 0.6) is 5.75 Å². The number of anilines is 2. The maximum Gasteiger partial charge on any atom is 0.274 e. The fourth-order valence-corrected chi connectivity index (χ4v) is 5.23. The number of rotatable bonds is 5. The van der Waals surface area contributed by atoms with Gasteiger partial charge >= 0.3 is 0 Å². The summed E-state index contributed by atoms with van der Waals surface area (Å²) in [7, 11) is 0. The Morgan fingerprint density at radius 3 is 2.87 bits per heavy atom. The Morgan fingerprint density at radius 2 is 2.05 bits per heavy atom. The number of carbonyl (C=O) groups excluding carboxylic acids is 1. The summed E-state index contributed by atoms with van der Waals surface area (Å²) in [5.74, 6) is 1.42. The molecule has 0 bridgehead atoms. The van der Waals surface area contributed by atoms with Gasteiger partial charge in [0.1, 0.15) is 18.6 Å². The van der Waals surface area contributed by atoms with E-state index in [0.717, 1.165) is 42.0 Å². The van der Waals surface area contributed by atoms with Crippen LogP contribution in [0, 0.1) is 0 Å². The Hall–Kier alpha value is -4.25. The van der Waals surface area contributed by atoms with Crippen molar-refractivity contribution >= 4 is 17.3 Å². The summed E-state index contributed by atoms with van der Waals surface area (Å²) in [6.07, 6.45) is 9.71. The molecule has 1 aromatic carbocycles. The van der Waals surface area contributed by atoms with E-state index in [-0.39, 0.29) is 23.7 Å². The molecular weight excluding hydrogens is 484 g/mol. The standard InChI is InChI=1S/C27H28N8O3/c1-16-13-38-25-19(26-29-14-31-35(16)26)3-2-4-20(25)32-27(37)21-9-23(34-12-22(30-15-34)17-5-6-17)24(10-28-21)33-8-7-18(36)11-33/h2-4,9-10,12,14-18,36H,5-8,11,13H2,1H3,(H,32,37)/t16-,18-/m1/s1. The van der Waals surface area contributed by atoms with E-state index in [0.29, 0.717) is 42.8 Å². The van der Waals surface area contributed by atoms with Crippen LogP contribution < -0.4 is 15.0 Å². The Labute approximate surface area is 219 Å². The number of para-hydroxylation sites is 1. The molecule has 11 nitrogen and oxygen atoms in total. The largest absolute Gasteiger partial charge is 0.488 e. The number of pyridine rings is 1. The number of aliphatic hydroxyl groups is 1. The molecule has 3 aromatic heterocycles. The molecule has 0 unspecified atom stereocenters. The Kier molecular flexibility index (Phi) is 5.39. The number of β-amino-alcohol motifs (C(OH)–C–C–N with tert-alkyl or cyclic N) is 1. The Bertz CT molecular complexity index is 1520. The summed E-state index contributed by atoms with van der Waals surface area (Å²) >= 11 is 0. The van der Waals surface area contributed by atoms with Crippen molar-refractivity contribution in [2.24, 2.45) is 0 Å². The third kappa shape index (κ3) is 3.99. The van der Waals surface area contributed by atoms with Crippen LogP contribution in [0.2, 0.25) is 0 Å². The fourth-order valence-electron chi connectivity index (χ4n) is 5.23. The van der Waals surface area contributed by atoms with Gasteiger partial charge in [-0.25, -0.2) is 19.6 Å². The van der Waals surface area contributed by atoms with Gasteiger partial charge in [0.15, 0.2) is 11.6 Å². The zero-order chi connectivity index (χ0) is 25.8. The second-order valence-electron chi connectivity index (χ2n) is 10.3. The van der Waals surface area contributed by atoms with E-state index in [4.69, 9.17) is 4.74 Å². The number of ether oxygens (including phenoxy) is 1. The van der Waals surface area contributed by atoms with E-state index in [1.54, 1.807) is 18.6 Å². The van der Waals surface area contributed by atoms with Crippen molar-refractivity contribution in [2.75, 3.05) is 29.9 Å². The minimum Gasteiger partial charge on any atom is -0.488 e. The Morgan fingerprint density at radius 1 is 1.16 bits per heavy atom. The lowest BCUT2D eigenvalue weighted by Crippen LogP contribution is -2.24. The summed E-state index contributed by atoms with van der Waals surface area (Å²) in [6, 6.07) is 7.37. The summed E-state index contributed by atoms with van der Waals surface area (Å²) in [5.41, 5.74) is 4.32. The molecule has 1 amide bonds. The SMILES string of the molecule is C[C@@H]1COc2c(NC(=O)c3cc(-n4cnc(C5CC5)c4)c(N4CC[C@@H](O)C4)cn3)cccc2-c2ncnn21. The highest BCUT2D eigenvalue weighted by atomic mass is 16.5. The number of fused-ring (bicyclic) bond motifs is 3. The van der Waals surface area contributed by atoms with Crippen LogP contribution in [0.25, 0.3) is 17.1 Å². The molecule has 0 spiro atoms. The van der Waals surface area contributed by atoms with Gasteiger partial charge in [-0.1, -0.05) is 6.07 Å². The monoisotopic (exact) mass is 512 g/mol. The van der Waals surface area contributed by atoms with Gasteiger partial charge in [0.05, 0.1) is 53.0 Å². The summed E-state index contributed by atoms with van der Waals surface area (Å²) in [4.78, 5) is 29.1. The lowest BCUT2D eigenvalue weighted by molar-refractivity contribution is 0.102. The van der Waals surface area contributed by atoms with Gasteiger partial charge in [0, 0.05) is 25.2 Å². The number of hydrogen-bond acceptors (Lipinski definition) is 8. The van der Waals surface area contributed by atoms with Crippen LogP contribution >= 0.6 is 0 Å². The van der Waals surface area contributed by atoms with E-state index in [1.165, 1.54) is 6.33 Å². The summed E-state index contributed by atoms with van der Waals surface area (Å²) in [5, 5.41) is 17.5. The van der Waals surface area contributed by atoms with Crippen LogP contribution in [-0.2, 0) is 0 Å². The topological polar surface area (TPSA) is 123 Å². The zero-order valence-electron chi connectivity index (χ0n) is 21.0. The minimum atomic E-state index is -0.377. The van der Waals surface area contributed by atoms with E-state index < -0.39 is 0 Å².